The number of hydrogen-bond acceptors (Lipinski definition) is 2. The second-order valence-electron chi connectivity index (χ2n) is 5.09. The van der Waals surface area contributed by atoms with Crippen molar-refractivity contribution in [1.29, 1.82) is 0 Å². The molecule has 1 amide bonds. The number of carbonyl (C=O) groups is 1. The second kappa shape index (κ2) is 7.54. The quantitative estimate of drug-likeness (QED) is 0.806. The van der Waals surface area contributed by atoms with Crippen LogP contribution in [0.5, 0.6) is 0 Å². The van der Waals surface area contributed by atoms with E-state index in [1.807, 2.05) is 11.4 Å². The summed E-state index contributed by atoms with van der Waals surface area (Å²) in [4.78, 5) is 12.9. The van der Waals surface area contributed by atoms with Gasteiger partial charge in [-0.2, -0.15) is 0 Å². The van der Waals surface area contributed by atoms with Crippen molar-refractivity contribution < 1.29 is 10.1 Å². The molecule has 1 aliphatic rings. The Morgan fingerprint density at radius 3 is 2.94 bits per heavy atom. The Hall–Kier alpha value is -0.870. The summed E-state index contributed by atoms with van der Waals surface area (Å²) in [5, 5.41) is 7.17. The van der Waals surface area contributed by atoms with Crippen LogP contribution in [0.3, 0.4) is 0 Å². The summed E-state index contributed by atoms with van der Waals surface area (Å²) in [6.07, 6.45) is 6.87. The van der Waals surface area contributed by atoms with Crippen LogP contribution in [0.1, 0.15) is 37.0 Å². The highest BCUT2D eigenvalue weighted by atomic mass is 32.1. The van der Waals surface area contributed by atoms with Crippen molar-refractivity contribution in [2.45, 2.75) is 38.6 Å². The largest absolute Gasteiger partial charge is 0.346 e. The van der Waals surface area contributed by atoms with E-state index in [-0.39, 0.29) is 5.91 Å². The molecule has 0 unspecified atom stereocenters. The molecular weight excluding hydrogens is 244 g/mol. The topological polar surface area (TPSA) is 45.7 Å². The van der Waals surface area contributed by atoms with Crippen LogP contribution in [0.4, 0.5) is 0 Å². The minimum Gasteiger partial charge on any atom is -0.346 e. The van der Waals surface area contributed by atoms with Crippen molar-refractivity contribution in [3.63, 3.8) is 0 Å². The molecule has 0 radical (unpaired) electrons. The van der Waals surface area contributed by atoms with Crippen molar-refractivity contribution >= 4 is 17.2 Å². The van der Waals surface area contributed by atoms with Crippen LogP contribution in [-0.4, -0.2) is 19.0 Å². The van der Waals surface area contributed by atoms with E-state index in [1.165, 1.54) is 37.0 Å². The van der Waals surface area contributed by atoms with Gasteiger partial charge in [0.25, 0.3) is 5.91 Å². The van der Waals surface area contributed by atoms with Gasteiger partial charge in [0, 0.05) is 10.8 Å². The minimum absolute atomic E-state index is 0.152. The molecule has 1 aromatic rings. The zero-order chi connectivity index (χ0) is 12.6. The number of quaternary nitrogens is 1. The van der Waals surface area contributed by atoms with Crippen LogP contribution in [0, 0.1) is 5.92 Å². The molecule has 0 aromatic carbocycles. The average Bonchev–Trinajstić information content (AvgIpc) is 2.91. The van der Waals surface area contributed by atoms with Crippen molar-refractivity contribution in [3.05, 3.63) is 22.4 Å². The van der Waals surface area contributed by atoms with Gasteiger partial charge < -0.3 is 10.6 Å². The highest BCUT2D eigenvalue weighted by Crippen LogP contribution is 2.21. The minimum atomic E-state index is 0.152. The third-order valence-electron chi connectivity index (χ3n) is 3.59. The lowest BCUT2D eigenvalue weighted by atomic mass is 9.89. The van der Waals surface area contributed by atoms with E-state index in [2.05, 4.69) is 16.7 Å². The zero-order valence-electron chi connectivity index (χ0n) is 10.9. The zero-order valence-corrected chi connectivity index (χ0v) is 11.7. The highest BCUT2D eigenvalue weighted by molar-refractivity contribution is 7.09. The maximum absolute atomic E-state index is 11.6. The van der Waals surface area contributed by atoms with E-state index in [4.69, 9.17) is 0 Å². The van der Waals surface area contributed by atoms with E-state index in [9.17, 15) is 4.79 Å². The first kappa shape index (κ1) is 13.6. The Balaban J connectivity index is 1.54. The van der Waals surface area contributed by atoms with Crippen LogP contribution in [0.15, 0.2) is 17.5 Å². The molecule has 18 heavy (non-hydrogen) atoms. The van der Waals surface area contributed by atoms with Gasteiger partial charge in [-0.1, -0.05) is 25.3 Å². The van der Waals surface area contributed by atoms with Crippen molar-refractivity contribution in [2.75, 3.05) is 13.1 Å². The van der Waals surface area contributed by atoms with Crippen LogP contribution in [0.2, 0.25) is 0 Å². The Labute approximate surface area is 113 Å². The number of rotatable bonds is 6. The smallest absolute Gasteiger partial charge is 0.275 e. The first-order valence-corrected chi connectivity index (χ1v) is 7.83. The Bertz CT molecular complexity index is 345. The van der Waals surface area contributed by atoms with Gasteiger partial charge in [0.05, 0.1) is 13.1 Å². The molecule has 100 valence electrons. The lowest BCUT2D eigenvalue weighted by Crippen LogP contribution is -2.87. The second-order valence-corrected chi connectivity index (χ2v) is 6.12. The number of amides is 1. The van der Waals surface area contributed by atoms with Gasteiger partial charge in [-0.25, -0.2) is 0 Å². The van der Waals surface area contributed by atoms with Gasteiger partial charge in [-0.05, 0) is 24.3 Å². The summed E-state index contributed by atoms with van der Waals surface area (Å²) in [5.74, 6) is 0.989. The Morgan fingerprint density at radius 2 is 2.22 bits per heavy atom. The molecule has 1 heterocycles. The first-order chi connectivity index (χ1) is 8.84. The summed E-state index contributed by atoms with van der Waals surface area (Å²) >= 11 is 1.69. The molecule has 3 N–H and O–H groups in total. The average molecular weight is 267 g/mol. The Kier molecular flexibility index (Phi) is 5.68. The fraction of sp³-hybridized carbons (Fsp3) is 0.643. The molecule has 0 saturated heterocycles. The molecule has 1 aliphatic carbocycles. The van der Waals surface area contributed by atoms with E-state index in [0.29, 0.717) is 13.1 Å². The first-order valence-electron chi connectivity index (χ1n) is 6.95. The number of thiophene rings is 1. The molecule has 0 bridgehead atoms. The Morgan fingerprint density at radius 1 is 1.39 bits per heavy atom. The van der Waals surface area contributed by atoms with Gasteiger partial charge in [0.1, 0.15) is 0 Å². The maximum Gasteiger partial charge on any atom is 0.275 e. The predicted octanol–water partition coefficient (Wildman–Crippen LogP) is 1.51. The number of nitrogens with one attached hydrogen (secondary N) is 1. The number of nitrogens with two attached hydrogens (primary N) is 1. The van der Waals surface area contributed by atoms with E-state index in [1.54, 1.807) is 11.3 Å². The molecule has 1 aromatic heterocycles. The standard InChI is InChI=1S/C14H22N2OS/c17-14(16-10-13-7-4-8-18-13)11-15-9-12-5-2-1-3-6-12/h4,7-8,12,15H,1-3,5-6,9-11H2,(H,16,17)/p+1. The van der Waals surface area contributed by atoms with Gasteiger partial charge in [-0.15, -0.1) is 11.3 Å². The van der Waals surface area contributed by atoms with Crippen LogP contribution in [-0.2, 0) is 11.3 Å². The molecule has 1 fully saturated rings. The third kappa shape index (κ3) is 4.78. The SMILES string of the molecule is O=C(C[NH2+]CC1CCCCC1)NCc1cccs1. The molecule has 0 aliphatic heterocycles. The monoisotopic (exact) mass is 267 g/mol. The molecule has 3 nitrogen and oxygen atoms in total. The summed E-state index contributed by atoms with van der Waals surface area (Å²) in [6.45, 7) is 2.36. The van der Waals surface area contributed by atoms with Crippen molar-refractivity contribution in [1.82, 2.24) is 5.32 Å². The van der Waals surface area contributed by atoms with Crippen molar-refractivity contribution in [2.24, 2.45) is 5.92 Å². The number of carbonyl (C=O) groups excluding carboxylic acids is 1. The van der Waals surface area contributed by atoms with Gasteiger partial charge >= 0.3 is 0 Å². The van der Waals surface area contributed by atoms with Crippen molar-refractivity contribution in [3.8, 4) is 0 Å². The summed E-state index contributed by atoms with van der Waals surface area (Å²) < 4.78 is 0. The highest BCUT2D eigenvalue weighted by Gasteiger charge is 2.15. The van der Waals surface area contributed by atoms with Crippen LogP contribution < -0.4 is 10.6 Å². The fourth-order valence-corrected chi connectivity index (χ4v) is 3.19. The van der Waals surface area contributed by atoms with Crippen LogP contribution in [0.25, 0.3) is 0 Å². The third-order valence-corrected chi connectivity index (χ3v) is 4.47. The maximum atomic E-state index is 11.6. The van der Waals surface area contributed by atoms with Crippen LogP contribution >= 0.6 is 11.3 Å². The van der Waals surface area contributed by atoms with E-state index < -0.39 is 0 Å². The number of hydrogen-bond donors (Lipinski definition) is 2. The summed E-state index contributed by atoms with van der Waals surface area (Å²) in [7, 11) is 0. The van der Waals surface area contributed by atoms with Gasteiger partial charge in [0.2, 0.25) is 0 Å². The summed E-state index contributed by atoms with van der Waals surface area (Å²) in [5.41, 5.74) is 0. The van der Waals surface area contributed by atoms with E-state index >= 15 is 0 Å². The lowest BCUT2D eigenvalue weighted by molar-refractivity contribution is -0.650. The molecule has 0 spiro atoms. The van der Waals surface area contributed by atoms with Gasteiger partial charge in [-0.3, -0.25) is 4.79 Å². The molecule has 1 saturated carbocycles. The normalized spacial score (nSPS) is 16.7. The summed E-state index contributed by atoms with van der Waals surface area (Å²) in [6, 6.07) is 4.07. The lowest BCUT2D eigenvalue weighted by Gasteiger charge is -2.19. The molecule has 0 atom stereocenters. The molecule has 4 heteroatoms. The van der Waals surface area contributed by atoms with E-state index in [0.717, 1.165) is 12.5 Å². The fourth-order valence-electron chi connectivity index (χ4n) is 2.54. The molecular formula is C14H23N2OS+. The van der Waals surface area contributed by atoms with Gasteiger partial charge in [0.15, 0.2) is 6.54 Å². The molecule has 2 rings (SSSR count). The predicted molar refractivity (Wildman–Crippen MR) is 74.4 cm³/mol.